The lowest BCUT2D eigenvalue weighted by atomic mass is 10.1. The summed E-state index contributed by atoms with van der Waals surface area (Å²) in [5.74, 6) is -1.34. The van der Waals surface area contributed by atoms with Crippen LogP contribution in [0, 0.1) is 27.7 Å². The van der Waals surface area contributed by atoms with Crippen LogP contribution in [0.5, 0.6) is 0 Å². The maximum Gasteiger partial charge on any atom is 0.335 e. The Morgan fingerprint density at radius 1 is 0.774 bits per heavy atom. The fourth-order valence-electron chi connectivity index (χ4n) is 3.77. The number of hydrogen-bond donors (Lipinski definition) is 1. The maximum absolute atomic E-state index is 13.1. The Morgan fingerprint density at radius 3 is 1.90 bits per heavy atom. The Balaban J connectivity index is 1.75. The van der Waals surface area contributed by atoms with Gasteiger partial charge < -0.3 is 4.57 Å². The van der Waals surface area contributed by atoms with Gasteiger partial charge in [0.05, 0.1) is 5.69 Å². The Hall–Kier alpha value is -3.93. The fraction of sp³-hybridized carbons (Fsp3) is 0.160. The van der Waals surface area contributed by atoms with Crippen LogP contribution < -0.4 is 10.2 Å². The van der Waals surface area contributed by atoms with E-state index in [9.17, 15) is 14.4 Å². The smallest absolute Gasteiger partial charge is 0.318 e. The number of hydrogen-bond acceptors (Lipinski definition) is 3. The highest BCUT2D eigenvalue weighted by atomic mass is 16.2. The summed E-state index contributed by atoms with van der Waals surface area (Å²) in [6.07, 6.45) is 1.55. The molecule has 31 heavy (non-hydrogen) atoms. The van der Waals surface area contributed by atoms with Crippen molar-refractivity contribution in [1.82, 2.24) is 9.88 Å². The number of anilines is 1. The fourth-order valence-corrected chi connectivity index (χ4v) is 3.77. The molecule has 1 aliphatic rings. The van der Waals surface area contributed by atoms with E-state index in [1.807, 2.05) is 70.2 Å². The van der Waals surface area contributed by atoms with Crippen LogP contribution in [0.1, 0.15) is 28.1 Å². The summed E-state index contributed by atoms with van der Waals surface area (Å²) in [5, 5.41) is 2.27. The van der Waals surface area contributed by atoms with Gasteiger partial charge in [-0.3, -0.25) is 14.9 Å². The van der Waals surface area contributed by atoms with E-state index in [1.165, 1.54) is 5.56 Å². The van der Waals surface area contributed by atoms with Crippen LogP contribution in [0.25, 0.3) is 11.8 Å². The van der Waals surface area contributed by atoms with Crippen LogP contribution in [0.2, 0.25) is 0 Å². The molecular formula is C25H23N3O3. The van der Waals surface area contributed by atoms with Crippen molar-refractivity contribution in [2.45, 2.75) is 27.7 Å². The largest absolute Gasteiger partial charge is 0.335 e. The number of benzene rings is 2. The van der Waals surface area contributed by atoms with Crippen molar-refractivity contribution in [3.05, 3.63) is 88.2 Å². The number of carbonyl (C=O) groups excluding carboxylic acids is 3. The molecule has 156 valence electrons. The molecule has 4 amide bonds. The standard InChI is InChI=1S/C25H23N3O3/c1-15-5-9-20(10-6-15)27-17(3)13-19(18(27)4)14-22-23(29)26-25(31)28(24(22)30)21-11-7-16(2)8-12-21/h5-14H,1-4H3,(H,26,29,31)/b22-14+. The summed E-state index contributed by atoms with van der Waals surface area (Å²) in [4.78, 5) is 39.0. The summed E-state index contributed by atoms with van der Waals surface area (Å²) in [7, 11) is 0. The molecule has 0 saturated carbocycles. The normalized spacial score (nSPS) is 15.5. The van der Waals surface area contributed by atoms with Gasteiger partial charge in [-0.05, 0) is 69.7 Å². The van der Waals surface area contributed by atoms with Crippen molar-refractivity contribution in [2.75, 3.05) is 4.90 Å². The van der Waals surface area contributed by atoms with Crippen molar-refractivity contribution in [2.24, 2.45) is 0 Å². The van der Waals surface area contributed by atoms with E-state index in [2.05, 4.69) is 9.88 Å². The van der Waals surface area contributed by atoms with Gasteiger partial charge in [-0.1, -0.05) is 35.4 Å². The molecule has 4 rings (SSSR count). The van der Waals surface area contributed by atoms with Crippen LogP contribution in [0.4, 0.5) is 10.5 Å². The first-order chi connectivity index (χ1) is 14.8. The van der Waals surface area contributed by atoms with Gasteiger partial charge in [0.25, 0.3) is 11.8 Å². The van der Waals surface area contributed by atoms with Crippen LogP contribution in [0.15, 0.2) is 60.2 Å². The molecule has 0 aliphatic carbocycles. The number of aryl methyl sites for hydroxylation is 3. The van der Waals surface area contributed by atoms with Gasteiger partial charge in [0.2, 0.25) is 0 Å². The molecule has 1 saturated heterocycles. The number of nitrogens with one attached hydrogen (secondary N) is 1. The summed E-state index contributed by atoms with van der Waals surface area (Å²) >= 11 is 0. The lowest BCUT2D eigenvalue weighted by Gasteiger charge is -2.26. The molecule has 0 spiro atoms. The van der Waals surface area contributed by atoms with E-state index < -0.39 is 17.8 Å². The second-order valence-electron chi connectivity index (χ2n) is 7.79. The predicted molar refractivity (Wildman–Crippen MR) is 120 cm³/mol. The molecule has 2 heterocycles. The van der Waals surface area contributed by atoms with Crippen molar-refractivity contribution in [3.63, 3.8) is 0 Å². The Labute approximate surface area is 180 Å². The Bertz CT molecular complexity index is 1230. The van der Waals surface area contributed by atoms with E-state index in [1.54, 1.807) is 18.2 Å². The minimum Gasteiger partial charge on any atom is -0.318 e. The molecule has 1 aliphatic heterocycles. The summed E-state index contributed by atoms with van der Waals surface area (Å²) in [5.41, 5.74) is 6.12. The van der Waals surface area contributed by atoms with Gasteiger partial charge in [0.15, 0.2) is 0 Å². The average molecular weight is 413 g/mol. The number of barbiturate groups is 1. The van der Waals surface area contributed by atoms with Crippen molar-refractivity contribution < 1.29 is 14.4 Å². The first-order valence-corrected chi connectivity index (χ1v) is 10.0. The summed E-state index contributed by atoms with van der Waals surface area (Å²) in [6.45, 7) is 7.86. The molecule has 3 aromatic rings. The minimum absolute atomic E-state index is 0.0793. The number of imide groups is 2. The number of urea groups is 1. The number of rotatable bonds is 3. The molecule has 1 aromatic heterocycles. The monoisotopic (exact) mass is 413 g/mol. The topological polar surface area (TPSA) is 71.4 Å². The van der Waals surface area contributed by atoms with E-state index in [0.29, 0.717) is 5.69 Å². The zero-order chi connectivity index (χ0) is 22.3. The lowest BCUT2D eigenvalue weighted by Crippen LogP contribution is -2.54. The zero-order valence-electron chi connectivity index (χ0n) is 17.9. The third kappa shape index (κ3) is 3.68. The van der Waals surface area contributed by atoms with Crippen LogP contribution in [-0.4, -0.2) is 22.4 Å². The van der Waals surface area contributed by atoms with Gasteiger partial charge >= 0.3 is 6.03 Å². The maximum atomic E-state index is 13.1. The number of nitrogens with zero attached hydrogens (tertiary/aromatic N) is 2. The number of aromatic nitrogens is 1. The highest BCUT2D eigenvalue weighted by Crippen LogP contribution is 2.26. The quantitative estimate of drug-likeness (QED) is 0.512. The first kappa shape index (κ1) is 20.3. The molecule has 1 N–H and O–H groups in total. The Kier molecular flexibility index (Phi) is 5.07. The average Bonchev–Trinajstić information content (AvgIpc) is 3.00. The predicted octanol–water partition coefficient (Wildman–Crippen LogP) is 4.38. The highest BCUT2D eigenvalue weighted by molar-refractivity contribution is 6.39. The van der Waals surface area contributed by atoms with Crippen LogP contribution >= 0.6 is 0 Å². The van der Waals surface area contributed by atoms with Crippen LogP contribution in [0.3, 0.4) is 0 Å². The second-order valence-corrected chi connectivity index (χ2v) is 7.79. The molecule has 6 nitrogen and oxygen atoms in total. The van der Waals surface area contributed by atoms with E-state index in [-0.39, 0.29) is 5.57 Å². The van der Waals surface area contributed by atoms with Crippen molar-refractivity contribution >= 4 is 29.6 Å². The first-order valence-electron chi connectivity index (χ1n) is 10.0. The molecular weight excluding hydrogens is 390 g/mol. The zero-order valence-corrected chi connectivity index (χ0v) is 17.9. The third-order valence-electron chi connectivity index (χ3n) is 5.46. The molecule has 2 aromatic carbocycles. The van der Waals surface area contributed by atoms with Gasteiger partial charge in [0, 0.05) is 17.1 Å². The molecule has 0 atom stereocenters. The van der Waals surface area contributed by atoms with Gasteiger partial charge in [-0.15, -0.1) is 0 Å². The van der Waals surface area contributed by atoms with Gasteiger partial charge in [-0.25, -0.2) is 9.69 Å². The summed E-state index contributed by atoms with van der Waals surface area (Å²) < 4.78 is 2.07. The van der Waals surface area contributed by atoms with Gasteiger partial charge in [0.1, 0.15) is 5.57 Å². The van der Waals surface area contributed by atoms with E-state index >= 15 is 0 Å². The molecule has 0 bridgehead atoms. The van der Waals surface area contributed by atoms with Crippen molar-refractivity contribution in [3.8, 4) is 5.69 Å². The van der Waals surface area contributed by atoms with Crippen molar-refractivity contribution in [1.29, 1.82) is 0 Å². The lowest BCUT2D eigenvalue weighted by molar-refractivity contribution is -0.122. The third-order valence-corrected chi connectivity index (χ3v) is 5.46. The molecule has 1 fully saturated rings. The highest BCUT2D eigenvalue weighted by Gasteiger charge is 2.37. The number of carbonyl (C=O) groups is 3. The SMILES string of the molecule is Cc1ccc(N2C(=O)NC(=O)/C(=C\c3cc(C)n(-c4ccc(C)cc4)c3C)C2=O)cc1. The molecule has 6 heteroatoms. The summed E-state index contributed by atoms with van der Waals surface area (Å²) in [6, 6.07) is 16.3. The Morgan fingerprint density at radius 2 is 1.32 bits per heavy atom. The van der Waals surface area contributed by atoms with Crippen LogP contribution in [-0.2, 0) is 9.59 Å². The molecule has 0 radical (unpaired) electrons. The molecule has 0 unspecified atom stereocenters. The van der Waals surface area contributed by atoms with E-state index in [4.69, 9.17) is 0 Å². The minimum atomic E-state index is -0.749. The van der Waals surface area contributed by atoms with Gasteiger partial charge in [-0.2, -0.15) is 0 Å². The second kappa shape index (κ2) is 7.72. The van der Waals surface area contributed by atoms with E-state index in [0.717, 1.165) is 33.1 Å². The number of amides is 4.